The van der Waals surface area contributed by atoms with Crippen LogP contribution in [0.15, 0.2) is 54.9 Å². The largest absolute Gasteiger partial charge is 0.465 e. The molecule has 1 heterocycles. The van der Waals surface area contributed by atoms with Gasteiger partial charge in [0.05, 0.1) is 31.1 Å². The molecule has 6 heteroatoms. The minimum absolute atomic E-state index is 0.174. The summed E-state index contributed by atoms with van der Waals surface area (Å²) in [7, 11) is 0. The molecule has 1 aromatic heterocycles. The Bertz CT molecular complexity index is 670. The predicted octanol–water partition coefficient (Wildman–Crippen LogP) is 2.30. The number of hydrogen-bond acceptors (Lipinski definition) is 6. The van der Waals surface area contributed by atoms with Crippen LogP contribution in [-0.2, 0) is 16.1 Å². The van der Waals surface area contributed by atoms with Gasteiger partial charge in [-0.3, -0.25) is 9.78 Å². The van der Waals surface area contributed by atoms with Crippen LogP contribution in [0.2, 0.25) is 0 Å². The fourth-order valence-corrected chi connectivity index (χ4v) is 2.15. The Morgan fingerprint density at radius 3 is 2.75 bits per heavy atom. The molecule has 0 radical (unpaired) electrons. The van der Waals surface area contributed by atoms with E-state index in [9.17, 15) is 10.1 Å². The number of ether oxygens (including phenoxy) is 1. The predicted molar refractivity (Wildman–Crippen MR) is 90.6 cm³/mol. The average Bonchev–Trinajstić information content (AvgIpc) is 2.63. The van der Waals surface area contributed by atoms with Crippen LogP contribution in [0, 0.1) is 17.2 Å². The Morgan fingerprint density at radius 2 is 2.12 bits per heavy atom. The van der Waals surface area contributed by atoms with Gasteiger partial charge in [-0.1, -0.05) is 30.3 Å². The standard InChI is InChI=1S/C18H20N4O2/c1-2-24-18(23)16(11-19)14-22(17-9-6-10-20-13-17)21-12-15-7-4-3-5-8-15/h3-10,13,16,21H,2,12,14H2,1H3. The van der Waals surface area contributed by atoms with E-state index in [2.05, 4.69) is 10.4 Å². The quantitative estimate of drug-likeness (QED) is 0.593. The summed E-state index contributed by atoms with van der Waals surface area (Å²) in [5.74, 6) is -1.40. The van der Waals surface area contributed by atoms with Gasteiger partial charge in [-0.15, -0.1) is 0 Å². The molecule has 124 valence electrons. The summed E-state index contributed by atoms with van der Waals surface area (Å²) >= 11 is 0. The van der Waals surface area contributed by atoms with Crippen LogP contribution < -0.4 is 10.4 Å². The van der Waals surface area contributed by atoms with Crippen LogP contribution in [0.3, 0.4) is 0 Å². The first-order valence-electron chi connectivity index (χ1n) is 7.75. The van der Waals surface area contributed by atoms with Gasteiger partial charge in [-0.25, -0.2) is 5.43 Å². The molecule has 0 saturated heterocycles. The summed E-state index contributed by atoms with van der Waals surface area (Å²) in [5, 5.41) is 11.0. The van der Waals surface area contributed by atoms with Gasteiger partial charge in [0, 0.05) is 12.7 Å². The van der Waals surface area contributed by atoms with E-state index in [1.807, 2.05) is 42.5 Å². The Kier molecular flexibility index (Phi) is 6.74. The highest BCUT2D eigenvalue weighted by Crippen LogP contribution is 2.13. The van der Waals surface area contributed by atoms with Crippen molar-refractivity contribution in [2.24, 2.45) is 5.92 Å². The highest BCUT2D eigenvalue weighted by atomic mass is 16.5. The number of hydrazine groups is 1. The maximum Gasteiger partial charge on any atom is 0.325 e. The van der Waals surface area contributed by atoms with Crippen molar-refractivity contribution in [3.05, 3.63) is 60.4 Å². The van der Waals surface area contributed by atoms with Crippen LogP contribution in [0.4, 0.5) is 5.69 Å². The Balaban J connectivity index is 2.11. The summed E-state index contributed by atoms with van der Waals surface area (Å²) in [6.45, 7) is 2.71. The minimum atomic E-state index is -0.881. The third kappa shape index (κ3) is 5.07. The zero-order valence-electron chi connectivity index (χ0n) is 13.6. The van der Waals surface area contributed by atoms with Crippen molar-refractivity contribution in [3.63, 3.8) is 0 Å². The number of hydrogen-bond donors (Lipinski definition) is 1. The number of carbonyl (C=O) groups excluding carboxylic acids is 1. The van der Waals surface area contributed by atoms with Gasteiger partial charge < -0.3 is 9.75 Å². The fraction of sp³-hybridized carbons (Fsp3) is 0.278. The molecule has 1 unspecified atom stereocenters. The summed E-state index contributed by atoms with van der Waals surface area (Å²) in [5.41, 5.74) is 5.12. The van der Waals surface area contributed by atoms with Gasteiger partial charge in [0.1, 0.15) is 0 Å². The Morgan fingerprint density at radius 1 is 1.33 bits per heavy atom. The molecule has 0 spiro atoms. The number of benzene rings is 1. The van der Waals surface area contributed by atoms with Crippen molar-refractivity contribution >= 4 is 11.7 Å². The molecular formula is C18H20N4O2. The second-order valence-electron chi connectivity index (χ2n) is 5.08. The first-order chi connectivity index (χ1) is 11.7. The van der Waals surface area contributed by atoms with Gasteiger partial charge in [0.25, 0.3) is 0 Å². The van der Waals surface area contributed by atoms with E-state index in [-0.39, 0.29) is 13.2 Å². The smallest absolute Gasteiger partial charge is 0.325 e. The third-order valence-corrected chi connectivity index (χ3v) is 3.37. The van der Waals surface area contributed by atoms with Crippen LogP contribution in [0.5, 0.6) is 0 Å². The van der Waals surface area contributed by atoms with Crippen LogP contribution in [0.1, 0.15) is 12.5 Å². The van der Waals surface area contributed by atoms with E-state index in [1.54, 1.807) is 30.4 Å². The van der Waals surface area contributed by atoms with E-state index < -0.39 is 11.9 Å². The number of aromatic nitrogens is 1. The highest BCUT2D eigenvalue weighted by Gasteiger charge is 2.23. The van der Waals surface area contributed by atoms with E-state index >= 15 is 0 Å². The minimum Gasteiger partial charge on any atom is -0.465 e. The SMILES string of the molecule is CCOC(=O)C(C#N)CN(NCc1ccccc1)c1cccnc1. The average molecular weight is 324 g/mol. The molecule has 1 N–H and O–H groups in total. The first-order valence-corrected chi connectivity index (χ1v) is 7.75. The fourth-order valence-electron chi connectivity index (χ4n) is 2.15. The number of rotatable bonds is 8. The number of nitrogens with zero attached hydrogens (tertiary/aromatic N) is 3. The van der Waals surface area contributed by atoms with Crippen molar-refractivity contribution < 1.29 is 9.53 Å². The molecule has 0 aliphatic rings. The summed E-state index contributed by atoms with van der Waals surface area (Å²) < 4.78 is 4.96. The summed E-state index contributed by atoms with van der Waals surface area (Å²) in [6.07, 6.45) is 3.35. The second kappa shape index (κ2) is 9.28. The van der Waals surface area contributed by atoms with Gasteiger partial charge >= 0.3 is 5.97 Å². The summed E-state index contributed by atoms with van der Waals surface area (Å²) in [6, 6.07) is 15.6. The second-order valence-corrected chi connectivity index (χ2v) is 5.08. The zero-order valence-corrected chi connectivity index (χ0v) is 13.6. The lowest BCUT2D eigenvalue weighted by molar-refractivity contribution is -0.145. The molecule has 24 heavy (non-hydrogen) atoms. The first kappa shape index (κ1) is 17.4. The molecule has 0 aliphatic carbocycles. The Hall–Kier alpha value is -2.91. The topological polar surface area (TPSA) is 78.2 Å². The van der Waals surface area contributed by atoms with E-state index in [0.717, 1.165) is 11.3 Å². The molecule has 0 bridgehead atoms. The van der Waals surface area contributed by atoms with Gasteiger partial charge in [-0.05, 0) is 24.6 Å². The maximum atomic E-state index is 11.9. The number of esters is 1. The van der Waals surface area contributed by atoms with Crippen LogP contribution >= 0.6 is 0 Å². The number of pyridine rings is 1. The van der Waals surface area contributed by atoms with Crippen molar-refractivity contribution in [2.45, 2.75) is 13.5 Å². The molecule has 1 atom stereocenters. The lowest BCUT2D eigenvalue weighted by Crippen LogP contribution is -2.43. The molecule has 2 aromatic rings. The molecule has 0 saturated carbocycles. The van der Waals surface area contributed by atoms with E-state index in [1.165, 1.54) is 0 Å². The number of nitriles is 1. The van der Waals surface area contributed by atoms with Crippen LogP contribution in [0.25, 0.3) is 0 Å². The molecule has 0 fully saturated rings. The van der Waals surface area contributed by atoms with E-state index in [0.29, 0.717) is 6.54 Å². The van der Waals surface area contributed by atoms with Crippen molar-refractivity contribution in [1.82, 2.24) is 10.4 Å². The third-order valence-electron chi connectivity index (χ3n) is 3.37. The van der Waals surface area contributed by atoms with Crippen molar-refractivity contribution in [3.8, 4) is 6.07 Å². The molecular weight excluding hydrogens is 304 g/mol. The van der Waals surface area contributed by atoms with Crippen molar-refractivity contribution in [1.29, 1.82) is 5.26 Å². The zero-order chi connectivity index (χ0) is 17.2. The number of anilines is 1. The van der Waals surface area contributed by atoms with Crippen molar-refractivity contribution in [2.75, 3.05) is 18.2 Å². The molecule has 6 nitrogen and oxygen atoms in total. The maximum absolute atomic E-state index is 11.9. The van der Waals surface area contributed by atoms with Gasteiger partial charge in [0.2, 0.25) is 0 Å². The monoisotopic (exact) mass is 324 g/mol. The Labute approximate surface area is 141 Å². The van der Waals surface area contributed by atoms with Gasteiger partial charge in [0.15, 0.2) is 5.92 Å². The summed E-state index contributed by atoms with van der Waals surface area (Å²) in [4.78, 5) is 16.0. The lowest BCUT2D eigenvalue weighted by Gasteiger charge is -2.26. The molecule has 0 aliphatic heterocycles. The van der Waals surface area contributed by atoms with Crippen LogP contribution in [-0.4, -0.2) is 24.1 Å². The highest BCUT2D eigenvalue weighted by molar-refractivity contribution is 5.76. The lowest BCUT2D eigenvalue weighted by atomic mass is 10.1. The molecule has 2 rings (SSSR count). The normalized spacial score (nSPS) is 11.3. The molecule has 1 aromatic carbocycles. The van der Waals surface area contributed by atoms with Gasteiger partial charge in [-0.2, -0.15) is 5.26 Å². The number of nitrogens with one attached hydrogen (secondary N) is 1. The number of carbonyl (C=O) groups is 1. The molecule has 0 amide bonds. The van der Waals surface area contributed by atoms with E-state index in [4.69, 9.17) is 4.74 Å².